The van der Waals surface area contributed by atoms with E-state index in [0.717, 1.165) is 5.56 Å². The van der Waals surface area contributed by atoms with Gasteiger partial charge in [0.15, 0.2) is 0 Å². The maximum absolute atomic E-state index is 11.7. The van der Waals surface area contributed by atoms with Crippen molar-refractivity contribution in [2.75, 3.05) is 13.7 Å². The third kappa shape index (κ3) is 6.01. The third-order valence-corrected chi connectivity index (χ3v) is 2.72. The van der Waals surface area contributed by atoms with Gasteiger partial charge in [0.2, 0.25) is 5.91 Å². The second-order valence-electron chi connectivity index (χ2n) is 4.21. The van der Waals surface area contributed by atoms with Crippen molar-refractivity contribution in [3.8, 4) is 0 Å². The van der Waals surface area contributed by atoms with Gasteiger partial charge in [-0.1, -0.05) is 30.3 Å². The number of ether oxygens (including phenoxy) is 1. The molecule has 19 heavy (non-hydrogen) atoms. The Bertz CT molecular complexity index is 405. The number of hydrogen-bond donors (Lipinski definition) is 2. The third-order valence-electron chi connectivity index (χ3n) is 2.72. The van der Waals surface area contributed by atoms with Gasteiger partial charge >= 0.3 is 5.97 Å². The van der Waals surface area contributed by atoms with Crippen molar-refractivity contribution in [2.45, 2.75) is 25.3 Å². The Labute approximate surface area is 112 Å². The average Bonchev–Trinajstić information content (AvgIpc) is 2.42. The fourth-order valence-electron chi connectivity index (χ4n) is 1.74. The molecular weight excluding hydrogens is 246 g/mol. The van der Waals surface area contributed by atoms with E-state index in [2.05, 4.69) is 5.32 Å². The van der Waals surface area contributed by atoms with Crippen LogP contribution in [0.4, 0.5) is 0 Å². The highest BCUT2D eigenvalue weighted by molar-refractivity contribution is 5.76. The van der Waals surface area contributed by atoms with Crippen LogP contribution in [0, 0.1) is 0 Å². The zero-order valence-corrected chi connectivity index (χ0v) is 11.0. The number of carboxylic acid groups (broad SMARTS) is 1. The highest BCUT2D eigenvalue weighted by atomic mass is 16.5. The molecule has 1 aromatic carbocycles. The number of methoxy groups -OCH3 is 1. The quantitative estimate of drug-likeness (QED) is 0.750. The topological polar surface area (TPSA) is 75.6 Å². The van der Waals surface area contributed by atoms with Crippen LogP contribution in [0.2, 0.25) is 0 Å². The number of rotatable bonds is 8. The molecule has 1 atom stereocenters. The number of amides is 1. The molecule has 1 unspecified atom stereocenters. The molecule has 0 heterocycles. The SMILES string of the molecule is COCCC(=O)NC(CCC(=O)O)c1ccccc1. The molecule has 1 rings (SSSR count). The fraction of sp³-hybridized carbons (Fsp3) is 0.429. The van der Waals surface area contributed by atoms with Crippen molar-refractivity contribution in [1.29, 1.82) is 0 Å². The van der Waals surface area contributed by atoms with Crippen molar-refractivity contribution in [3.63, 3.8) is 0 Å². The molecule has 0 aliphatic rings. The summed E-state index contributed by atoms with van der Waals surface area (Å²) in [6, 6.07) is 9.09. The smallest absolute Gasteiger partial charge is 0.303 e. The van der Waals surface area contributed by atoms with E-state index >= 15 is 0 Å². The summed E-state index contributed by atoms with van der Waals surface area (Å²) >= 11 is 0. The Morgan fingerprint density at radius 2 is 1.95 bits per heavy atom. The number of carboxylic acids is 1. The van der Waals surface area contributed by atoms with Gasteiger partial charge in [0.05, 0.1) is 12.6 Å². The molecule has 1 aromatic rings. The zero-order valence-electron chi connectivity index (χ0n) is 11.0. The van der Waals surface area contributed by atoms with Crippen molar-refractivity contribution in [3.05, 3.63) is 35.9 Å². The number of benzene rings is 1. The minimum Gasteiger partial charge on any atom is -0.481 e. The summed E-state index contributed by atoms with van der Waals surface area (Å²) in [5.41, 5.74) is 0.912. The Kier molecular flexibility index (Phi) is 6.60. The van der Waals surface area contributed by atoms with Gasteiger partial charge < -0.3 is 15.2 Å². The predicted molar refractivity (Wildman–Crippen MR) is 70.7 cm³/mol. The van der Waals surface area contributed by atoms with E-state index in [-0.39, 0.29) is 24.8 Å². The Hall–Kier alpha value is -1.88. The van der Waals surface area contributed by atoms with Crippen molar-refractivity contribution in [2.24, 2.45) is 0 Å². The van der Waals surface area contributed by atoms with Gasteiger partial charge in [-0.2, -0.15) is 0 Å². The van der Waals surface area contributed by atoms with Crippen LogP contribution in [-0.2, 0) is 14.3 Å². The van der Waals surface area contributed by atoms with Gasteiger partial charge in [-0.3, -0.25) is 9.59 Å². The van der Waals surface area contributed by atoms with E-state index in [1.165, 1.54) is 7.11 Å². The fourth-order valence-corrected chi connectivity index (χ4v) is 1.74. The number of aliphatic carboxylic acids is 1. The number of hydrogen-bond acceptors (Lipinski definition) is 3. The molecule has 5 heteroatoms. The molecule has 1 amide bonds. The van der Waals surface area contributed by atoms with Crippen LogP contribution < -0.4 is 5.32 Å². The lowest BCUT2D eigenvalue weighted by Crippen LogP contribution is -2.29. The summed E-state index contributed by atoms with van der Waals surface area (Å²) < 4.78 is 4.84. The van der Waals surface area contributed by atoms with Crippen molar-refractivity contribution < 1.29 is 19.4 Å². The van der Waals surface area contributed by atoms with E-state index in [0.29, 0.717) is 13.0 Å². The van der Waals surface area contributed by atoms with Crippen LogP contribution in [0.5, 0.6) is 0 Å². The van der Waals surface area contributed by atoms with Crippen LogP contribution in [0.3, 0.4) is 0 Å². The lowest BCUT2D eigenvalue weighted by molar-refractivity contribution is -0.137. The monoisotopic (exact) mass is 265 g/mol. The molecule has 0 aliphatic carbocycles. The molecule has 0 radical (unpaired) electrons. The summed E-state index contributed by atoms with van der Waals surface area (Å²) in [4.78, 5) is 22.4. The Morgan fingerprint density at radius 1 is 1.26 bits per heavy atom. The predicted octanol–water partition coefficient (Wildman–Crippen LogP) is 1.75. The van der Waals surface area contributed by atoms with E-state index < -0.39 is 5.97 Å². The summed E-state index contributed by atoms with van der Waals surface area (Å²) in [6.45, 7) is 0.353. The van der Waals surface area contributed by atoms with Crippen LogP contribution in [0.1, 0.15) is 30.9 Å². The second-order valence-corrected chi connectivity index (χ2v) is 4.21. The average molecular weight is 265 g/mol. The van der Waals surface area contributed by atoms with E-state index in [9.17, 15) is 9.59 Å². The summed E-state index contributed by atoms with van der Waals surface area (Å²) in [7, 11) is 1.53. The van der Waals surface area contributed by atoms with Crippen molar-refractivity contribution >= 4 is 11.9 Å². The van der Waals surface area contributed by atoms with Gasteiger partial charge in [-0.25, -0.2) is 0 Å². The molecule has 2 N–H and O–H groups in total. The van der Waals surface area contributed by atoms with Gasteiger partial charge in [0.1, 0.15) is 0 Å². The van der Waals surface area contributed by atoms with Gasteiger partial charge in [0, 0.05) is 20.0 Å². The normalized spacial score (nSPS) is 11.8. The molecule has 0 saturated carbocycles. The highest BCUT2D eigenvalue weighted by Gasteiger charge is 2.15. The molecule has 104 valence electrons. The molecule has 0 spiro atoms. The molecule has 0 fully saturated rings. The minimum atomic E-state index is -0.868. The van der Waals surface area contributed by atoms with Crippen LogP contribution >= 0.6 is 0 Å². The molecule has 0 aliphatic heterocycles. The largest absolute Gasteiger partial charge is 0.481 e. The number of carbonyl (C=O) groups excluding carboxylic acids is 1. The zero-order chi connectivity index (χ0) is 14.1. The minimum absolute atomic E-state index is 0.0180. The maximum atomic E-state index is 11.7. The van der Waals surface area contributed by atoms with E-state index in [1.54, 1.807) is 0 Å². The molecule has 0 aromatic heterocycles. The van der Waals surface area contributed by atoms with E-state index in [1.807, 2.05) is 30.3 Å². The van der Waals surface area contributed by atoms with E-state index in [4.69, 9.17) is 9.84 Å². The first-order chi connectivity index (χ1) is 9.13. The molecule has 0 saturated heterocycles. The Balaban J connectivity index is 2.64. The maximum Gasteiger partial charge on any atom is 0.303 e. The first-order valence-electron chi connectivity index (χ1n) is 6.18. The van der Waals surface area contributed by atoms with Crippen LogP contribution in [-0.4, -0.2) is 30.7 Å². The highest BCUT2D eigenvalue weighted by Crippen LogP contribution is 2.18. The lowest BCUT2D eigenvalue weighted by Gasteiger charge is -2.18. The summed E-state index contributed by atoms with van der Waals surface area (Å²) in [6.07, 6.45) is 0.662. The first kappa shape index (κ1) is 15.2. The molecule has 5 nitrogen and oxygen atoms in total. The second kappa shape index (κ2) is 8.26. The standard InChI is InChI=1S/C14H19NO4/c1-19-10-9-13(16)15-12(7-8-14(17)18)11-5-3-2-4-6-11/h2-6,12H,7-10H2,1H3,(H,15,16)(H,17,18). The van der Waals surface area contributed by atoms with Crippen molar-refractivity contribution in [1.82, 2.24) is 5.32 Å². The van der Waals surface area contributed by atoms with Gasteiger partial charge in [-0.05, 0) is 12.0 Å². The molecular formula is C14H19NO4. The summed E-state index contributed by atoms with van der Waals surface area (Å²) in [5, 5.41) is 11.6. The first-order valence-corrected chi connectivity index (χ1v) is 6.18. The number of nitrogens with one attached hydrogen (secondary N) is 1. The van der Waals surface area contributed by atoms with Crippen LogP contribution in [0.15, 0.2) is 30.3 Å². The number of carbonyl (C=O) groups is 2. The van der Waals surface area contributed by atoms with Crippen LogP contribution in [0.25, 0.3) is 0 Å². The Morgan fingerprint density at radius 3 is 2.53 bits per heavy atom. The van der Waals surface area contributed by atoms with Gasteiger partial charge in [0.25, 0.3) is 0 Å². The molecule has 0 bridgehead atoms. The van der Waals surface area contributed by atoms with Gasteiger partial charge in [-0.15, -0.1) is 0 Å². The lowest BCUT2D eigenvalue weighted by atomic mass is 10.0. The summed E-state index contributed by atoms with van der Waals surface area (Å²) in [5.74, 6) is -1.01.